The summed E-state index contributed by atoms with van der Waals surface area (Å²) in [5, 5.41) is 2.60. The van der Waals surface area contributed by atoms with Crippen LogP contribution in [0, 0.1) is 0 Å². The fourth-order valence-corrected chi connectivity index (χ4v) is 4.34. The summed E-state index contributed by atoms with van der Waals surface area (Å²) in [5.74, 6) is -0.240. The minimum absolute atomic E-state index is 0.0361. The number of anilines is 1. The van der Waals surface area contributed by atoms with Crippen LogP contribution in [-0.4, -0.2) is 47.2 Å². The summed E-state index contributed by atoms with van der Waals surface area (Å²) in [5.41, 5.74) is 4.91. The van der Waals surface area contributed by atoms with Crippen LogP contribution in [0.25, 0.3) is 0 Å². The molecule has 0 aliphatic carbocycles. The maximum Gasteiger partial charge on any atom is 0.459 e. The number of hydrogen-bond donors (Lipinski definition) is 2. The van der Waals surface area contributed by atoms with Gasteiger partial charge in [-0.3, -0.25) is 13.9 Å². The van der Waals surface area contributed by atoms with Crippen LogP contribution >= 0.6 is 7.75 Å². The quantitative estimate of drug-likeness (QED) is 0.348. The number of ether oxygens (including phenoxy) is 3. The molecular weight excluding hydrogens is 467 g/mol. The molecule has 3 N–H and O–H groups in total. The Labute approximate surface area is 196 Å². The number of rotatable bonds is 11. The summed E-state index contributed by atoms with van der Waals surface area (Å²) in [6, 6.07) is 8.84. The highest BCUT2D eigenvalue weighted by atomic mass is 31.2. The number of nitrogens with one attached hydrogen (secondary N) is 1. The third-order valence-corrected chi connectivity index (χ3v) is 6.49. The Kier molecular flexibility index (Phi) is 8.81. The highest BCUT2D eigenvalue weighted by Crippen LogP contribution is 2.45. The van der Waals surface area contributed by atoms with Crippen LogP contribution in [0.1, 0.15) is 33.4 Å². The highest BCUT2D eigenvalue weighted by molar-refractivity contribution is 7.52. The summed E-state index contributed by atoms with van der Waals surface area (Å²) >= 11 is 0. The van der Waals surface area contributed by atoms with Gasteiger partial charge in [0.2, 0.25) is 0 Å². The fourth-order valence-electron chi connectivity index (χ4n) is 2.86. The Bertz CT molecular complexity index is 1070. The standard InChI is InChI=1S/C21H29N4O8P/c1-4-14(2)31-20(26)15(3)24-34(28,33-16-8-6-5-7-9-16)30-13-19-29-12-18(32-19)25-11-10-17(22)23-21(25)27/h5-11,14-15,18-19H,4,12-13H2,1-3H3,(H,24,28)(H2,22,23,27)/t14-,15+,18+,19+,34-/m1/s1. The Morgan fingerprint density at radius 2 is 2.06 bits per heavy atom. The van der Waals surface area contributed by atoms with Crippen LogP contribution < -0.4 is 21.0 Å². The molecule has 2 heterocycles. The van der Waals surface area contributed by atoms with Crippen LogP contribution in [0.15, 0.2) is 47.4 Å². The van der Waals surface area contributed by atoms with E-state index in [0.29, 0.717) is 6.42 Å². The number of carbonyl (C=O) groups is 1. The topological polar surface area (TPSA) is 153 Å². The van der Waals surface area contributed by atoms with Gasteiger partial charge in [-0.2, -0.15) is 10.1 Å². The molecule has 0 unspecified atom stereocenters. The lowest BCUT2D eigenvalue weighted by Gasteiger charge is -2.24. The Morgan fingerprint density at radius 1 is 1.32 bits per heavy atom. The van der Waals surface area contributed by atoms with Gasteiger partial charge in [0, 0.05) is 6.20 Å². The van der Waals surface area contributed by atoms with Crippen LogP contribution in [0.3, 0.4) is 0 Å². The van der Waals surface area contributed by atoms with Gasteiger partial charge in [-0.1, -0.05) is 25.1 Å². The predicted molar refractivity (Wildman–Crippen MR) is 122 cm³/mol. The van der Waals surface area contributed by atoms with Gasteiger partial charge < -0.3 is 24.5 Å². The number of hydrogen-bond acceptors (Lipinski definition) is 10. The summed E-state index contributed by atoms with van der Waals surface area (Å²) in [6.07, 6.45) is 0.0669. The van der Waals surface area contributed by atoms with Crippen molar-refractivity contribution in [3.05, 3.63) is 53.1 Å². The van der Waals surface area contributed by atoms with Crippen LogP contribution in [-0.2, 0) is 28.1 Å². The van der Waals surface area contributed by atoms with Gasteiger partial charge in [-0.15, -0.1) is 0 Å². The van der Waals surface area contributed by atoms with Crippen LogP contribution in [0.4, 0.5) is 5.82 Å². The van der Waals surface area contributed by atoms with E-state index in [4.69, 9.17) is 29.0 Å². The van der Waals surface area contributed by atoms with Crippen molar-refractivity contribution in [2.75, 3.05) is 18.9 Å². The average Bonchev–Trinajstić information content (AvgIpc) is 3.27. The normalized spacial score (nSPS) is 21.4. The number of nitrogens with zero attached hydrogens (tertiary/aromatic N) is 2. The minimum atomic E-state index is -4.07. The largest absolute Gasteiger partial charge is 0.462 e. The molecule has 1 aliphatic rings. The van der Waals surface area contributed by atoms with Gasteiger partial charge in [-0.05, 0) is 38.5 Å². The molecule has 0 radical (unpaired) electrons. The van der Waals surface area contributed by atoms with Crippen LogP contribution in [0.2, 0.25) is 0 Å². The molecule has 1 aromatic carbocycles. The van der Waals surface area contributed by atoms with E-state index in [-0.39, 0.29) is 30.9 Å². The van der Waals surface area contributed by atoms with Gasteiger partial charge in [-0.25, -0.2) is 9.36 Å². The van der Waals surface area contributed by atoms with E-state index in [9.17, 15) is 14.2 Å². The molecule has 3 rings (SSSR count). The van der Waals surface area contributed by atoms with E-state index in [0.717, 1.165) is 0 Å². The van der Waals surface area contributed by atoms with Crippen LogP contribution in [0.5, 0.6) is 5.75 Å². The summed E-state index contributed by atoms with van der Waals surface area (Å²) in [6.45, 7) is 4.86. The number of carbonyl (C=O) groups excluding carboxylic acids is 1. The second kappa shape index (κ2) is 11.6. The van der Waals surface area contributed by atoms with Gasteiger partial charge in [0.05, 0.1) is 12.7 Å². The van der Waals surface area contributed by atoms with Crippen molar-refractivity contribution in [3.63, 3.8) is 0 Å². The lowest BCUT2D eigenvalue weighted by Crippen LogP contribution is -2.37. The van der Waals surface area contributed by atoms with Gasteiger partial charge in [0.25, 0.3) is 0 Å². The number of nitrogens with two attached hydrogens (primary N) is 1. The summed E-state index contributed by atoms with van der Waals surface area (Å²) < 4.78 is 42.3. The SMILES string of the molecule is CC[C@@H](C)OC(=O)[C@H](C)N[P@@](=O)(OC[C@H]1OC[C@@H](n2ccc(N)nc2=O)O1)Oc1ccccc1. The van der Waals surface area contributed by atoms with Crippen molar-refractivity contribution in [2.24, 2.45) is 0 Å². The molecule has 0 spiro atoms. The first-order valence-electron chi connectivity index (χ1n) is 10.8. The summed E-state index contributed by atoms with van der Waals surface area (Å²) in [4.78, 5) is 28.0. The van der Waals surface area contributed by atoms with E-state index in [1.54, 1.807) is 37.3 Å². The first kappa shape index (κ1) is 25.9. The third-order valence-electron chi connectivity index (χ3n) is 4.84. The maximum absolute atomic E-state index is 13.5. The number of para-hydroxylation sites is 1. The lowest BCUT2D eigenvalue weighted by atomic mass is 10.3. The maximum atomic E-state index is 13.5. The monoisotopic (exact) mass is 496 g/mol. The zero-order valence-corrected chi connectivity index (χ0v) is 20.1. The molecule has 5 atom stereocenters. The zero-order chi connectivity index (χ0) is 24.7. The Morgan fingerprint density at radius 3 is 2.74 bits per heavy atom. The molecular formula is C21H29N4O8P. The molecule has 13 heteroatoms. The van der Waals surface area contributed by atoms with Crippen molar-refractivity contribution in [3.8, 4) is 5.75 Å². The number of nitrogen functional groups attached to an aromatic ring is 1. The van der Waals surface area contributed by atoms with Gasteiger partial charge >= 0.3 is 19.4 Å². The molecule has 0 amide bonds. The first-order chi connectivity index (χ1) is 16.2. The molecule has 0 saturated carbocycles. The second-order valence-electron chi connectivity index (χ2n) is 7.60. The van der Waals surface area contributed by atoms with Crippen molar-refractivity contribution in [2.45, 2.75) is 51.9 Å². The molecule has 1 saturated heterocycles. The second-order valence-corrected chi connectivity index (χ2v) is 9.29. The van der Waals surface area contributed by atoms with Crippen molar-refractivity contribution >= 4 is 19.5 Å². The molecule has 1 aromatic heterocycles. The molecule has 2 aromatic rings. The predicted octanol–water partition coefficient (Wildman–Crippen LogP) is 2.22. The van der Waals surface area contributed by atoms with Crippen molar-refractivity contribution < 1.29 is 32.6 Å². The molecule has 186 valence electrons. The third kappa shape index (κ3) is 7.12. The molecule has 34 heavy (non-hydrogen) atoms. The van der Waals surface area contributed by atoms with Crippen molar-refractivity contribution in [1.29, 1.82) is 0 Å². The van der Waals surface area contributed by atoms with E-state index in [1.165, 1.54) is 23.8 Å². The van der Waals surface area contributed by atoms with E-state index < -0.39 is 38.0 Å². The molecule has 1 fully saturated rings. The number of esters is 1. The minimum Gasteiger partial charge on any atom is -0.462 e. The molecule has 12 nitrogen and oxygen atoms in total. The van der Waals surface area contributed by atoms with Gasteiger partial charge in [0.1, 0.15) is 24.2 Å². The fraction of sp³-hybridized carbons (Fsp3) is 0.476. The van der Waals surface area contributed by atoms with Gasteiger partial charge in [0.15, 0.2) is 12.5 Å². The van der Waals surface area contributed by atoms with Crippen molar-refractivity contribution in [1.82, 2.24) is 14.6 Å². The van der Waals surface area contributed by atoms with E-state index in [1.807, 2.05) is 6.92 Å². The highest BCUT2D eigenvalue weighted by Gasteiger charge is 2.36. The Balaban J connectivity index is 1.66. The average molecular weight is 496 g/mol. The zero-order valence-electron chi connectivity index (χ0n) is 19.2. The molecule has 1 aliphatic heterocycles. The summed E-state index contributed by atoms with van der Waals surface area (Å²) in [7, 11) is -4.07. The van der Waals surface area contributed by atoms with E-state index in [2.05, 4.69) is 10.1 Å². The van der Waals surface area contributed by atoms with E-state index >= 15 is 0 Å². The first-order valence-corrected chi connectivity index (χ1v) is 12.3. The lowest BCUT2D eigenvalue weighted by molar-refractivity contribution is -0.150. The number of aromatic nitrogens is 2. The number of benzene rings is 1. The smallest absolute Gasteiger partial charge is 0.459 e. The Hall–Kier alpha value is -2.76. The molecule has 0 bridgehead atoms.